The molecule has 150 valence electrons. The fourth-order valence-corrected chi connectivity index (χ4v) is 3.55. The lowest BCUT2D eigenvalue weighted by Gasteiger charge is -2.14. The van der Waals surface area contributed by atoms with Gasteiger partial charge in [-0.15, -0.1) is 0 Å². The van der Waals surface area contributed by atoms with Gasteiger partial charge in [0.25, 0.3) is 5.24 Å². The monoisotopic (exact) mass is 419 g/mol. The van der Waals surface area contributed by atoms with Crippen LogP contribution in [-0.2, 0) is 14.4 Å². The highest BCUT2D eigenvalue weighted by atomic mass is 32.2. The first kappa shape index (κ1) is 20.5. The van der Waals surface area contributed by atoms with Gasteiger partial charge in [0.15, 0.2) is 0 Å². The molecule has 1 saturated heterocycles. The van der Waals surface area contributed by atoms with E-state index in [1.165, 1.54) is 36.4 Å². The highest BCUT2D eigenvalue weighted by Gasteiger charge is 2.41. The summed E-state index contributed by atoms with van der Waals surface area (Å²) in [6.45, 7) is -0.516. The maximum Gasteiger partial charge on any atom is 0.289 e. The normalized spacial score (nSPS) is 16.1. The minimum Gasteiger partial charge on any atom is -0.326 e. The number of halogens is 2. The van der Waals surface area contributed by atoms with Crippen LogP contribution in [0.5, 0.6) is 0 Å². The van der Waals surface area contributed by atoms with Crippen molar-refractivity contribution >= 4 is 46.1 Å². The van der Waals surface area contributed by atoms with Gasteiger partial charge >= 0.3 is 0 Å². The van der Waals surface area contributed by atoms with E-state index in [0.717, 1.165) is 17.0 Å². The molecule has 1 fully saturated rings. The van der Waals surface area contributed by atoms with Crippen LogP contribution < -0.4 is 10.6 Å². The Morgan fingerprint density at radius 3 is 1.86 bits per heavy atom. The van der Waals surface area contributed by atoms with Gasteiger partial charge in [0.05, 0.1) is 0 Å². The first-order valence-electron chi connectivity index (χ1n) is 8.44. The van der Waals surface area contributed by atoms with Crippen LogP contribution in [0.2, 0.25) is 0 Å². The van der Waals surface area contributed by atoms with Crippen molar-refractivity contribution in [3.63, 3.8) is 0 Å². The van der Waals surface area contributed by atoms with E-state index in [2.05, 4.69) is 10.6 Å². The van der Waals surface area contributed by atoms with Crippen LogP contribution >= 0.6 is 11.8 Å². The molecule has 0 bridgehead atoms. The Morgan fingerprint density at radius 2 is 1.34 bits per heavy atom. The lowest BCUT2D eigenvalue weighted by molar-refractivity contribution is -0.131. The lowest BCUT2D eigenvalue weighted by Crippen LogP contribution is -2.38. The van der Waals surface area contributed by atoms with Gasteiger partial charge in [0, 0.05) is 17.8 Å². The van der Waals surface area contributed by atoms with Crippen molar-refractivity contribution in [3.05, 3.63) is 60.2 Å². The smallest absolute Gasteiger partial charge is 0.289 e. The summed E-state index contributed by atoms with van der Waals surface area (Å²) in [5, 5.41) is 3.38. The maximum atomic E-state index is 12.9. The van der Waals surface area contributed by atoms with Crippen LogP contribution in [0.25, 0.3) is 0 Å². The number of hydrogen-bond acceptors (Lipinski definition) is 5. The second-order valence-electron chi connectivity index (χ2n) is 6.11. The summed E-state index contributed by atoms with van der Waals surface area (Å²) in [5.41, 5.74) is 0.673. The number of carbonyl (C=O) groups is 4. The number of benzene rings is 2. The Morgan fingerprint density at radius 1 is 0.862 bits per heavy atom. The van der Waals surface area contributed by atoms with Gasteiger partial charge in [-0.25, -0.2) is 8.78 Å². The quantitative estimate of drug-likeness (QED) is 0.751. The van der Waals surface area contributed by atoms with Crippen molar-refractivity contribution in [1.29, 1.82) is 0 Å². The van der Waals surface area contributed by atoms with Gasteiger partial charge < -0.3 is 10.6 Å². The molecule has 1 heterocycles. The molecule has 1 aliphatic heterocycles. The fraction of sp³-hybridized carbons (Fsp3) is 0.158. The number of imide groups is 1. The Balaban J connectivity index is 1.54. The molecule has 0 spiro atoms. The molecule has 1 atom stereocenters. The molecule has 2 aromatic carbocycles. The molecule has 7 nitrogen and oxygen atoms in total. The minimum atomic E-state index is -0.957. The lowest BCUT2D eigenvalue weighted by atomic mass is 10.2. The minimum absolute atomic E-state index is 0.275. The molecule has 1 unspecified atom stereocenters. The zero-order valence-corrected chi connectivity index (χ0v) is 15.7. The zero-order chi connectivity index (χ0) is 21.0. The van der Waals surface area contributed by atoms with Crippen LogP contribution in [0.3, 0.4) is 0 Å². The van der Waals surface area contributed by atoms with Crippen molar-refractivity contribution < 1.29 is 28.0 Å². The third-order valence-corrected chi connectivity index (χ3v) is 5.01. The van der Waals surface area contributed by atoms with Crippen molar-refractivity contribution in [2.75, 3.05) is 17.2 Å². The van der Waals surface area contributed by atoms with E-state index in [-0.39, 0.29) is 6.42 Å². The molecule has 0 radical (unpaired) electrons. The topological polar surface area (TPSA) is 95.6 Å². The average Bonchev–Trinajstić information content (AvgIpc) is 2.93. The number of hydrogen-bond donors (Lipinski definition) is 2. The number of nitrogens with zero attached hydrogens (tertiary/aromatic N) is 1. The summed E-state index contributed by atoms with van der Waals surface area (Å²) in [5.74, 6) is -2.72. The molecule has 0 saturated carbocycles. The molecule has 0 aliphatic carbocycles. The summed E-state index contributed by atoms with van der Waals surface area (Å²) in [6.07, 6.45) is -0.275. The molecule has 1 aliphatic rings. The predicted octanol–water partition coefficient (Wildman–Crippen LogP) is 3.00. The van der Waals surface area contributed by atoms with E-state index < -0.39 is 46.4 Å². The second-order valence-corrected chi connectivity index (χ2v) is 7.27. The number of anilines is 2. The first-order valence-corrected chi connectivity index (χ1v) is 9.32. The van der Waals surface area contributed by atoms with E-state index in [4.69, 9.17) is 0 Å². The Labute approximate surface area is 168 Å². The Hall–Kier alpha value is -3.27. The molecule has 2 N–H and O–H groups in total. The molecule has 10 heteroatoms. The van der Waals surface area contributed by atoms with Crippen LogP contribution in [0, 0.1) is 11.6 Å². The van der Waals surface area contributed by atoms with Gasteiger partial charge in [-0.1, -0.05) is 11.8 Å². The third kappa shape index (κ3) is 5.38. The van der Waals surface area contributed by atoms with Gasteiger partial charge in [0.1, 0.15) is 23.4 Å². The second kappa shape index (κ2) is 8.82. The summed E-state index contributed by atoms with van der Waals surface area (Å²) in [6, 6.07) is 10.1. The zero-order valence-electron chi connectivity index (χ0n) is 14.9. The molecule has 29 heavy (non-hydrogen) atoms. The predicted molar refractivity (Wildman–Crippen MR) is 103 cm³/mol. The van der Waals surface area contributed by atoms with Crippen LogP contribution in [-0.4, -0.2) is 39.7 Å². The highest BCUT2D eigenvalue weighted by molar-refractivity contribution is 8.15. The number of carbonyl (C=O) groups excluding carboxylic acids is 4. The van der Waals surface area contributed by atoms with Crippen molar-refractivity contribution in [3.8, 4) is 0 Å². The van der Waals surface area contributed by atoms with Gasteiger partial charge in [-0.2, -0.15) is 0 Å². The summed E-state index contributed by atoms with van der Waals surface area (Å²) in [7, 11) is 0. The molecule has 3 rings (SSSR count). The molecular weight excluding hydrogens is 404 g/mol. The van der Waals surface area contributed by atoms with Crippen LogP contribution in [0.4, 0.5) is 25.0 Å². The van der Waals surface area contributed by atoms with E-state index in [1.54, 1.807) is 0 Å². The Kier molecular flexibility index (Phi) is 6.23. The van der Waals surface area contributed by atoms with Crippen molar-refractivity contribution in [2.24, 2.45) is 0 Å². The molecule has 4 amide bonds. The average molecular weight is 419 g/mol. The number of thioether (sulfide) groups is 1. The van der Waals surface area contributed by atoms with Crippen molar-refractivity contribution in [1.82, 2.24) is 4.90 Å². The largest absolute Gasteiger partial charge is 0.326 e. The maximum absolute atomic E-state index is 12.9. The van der Waals surface area contributed by atoms with Crippen molar-refractivity contribution in [2.45, 2.75) is 11.7 Å². The molecule has 2 aromatic rings. The SMILES string of the molecule is O=C(CC1SC(=O)N(CC(=O)Nc2ccc(F)cc2)C1=O)Nc1ccc(F)cc1. The van der Waals surface area contributed by atoms with Gasteiger partial charge in [0.2, 0.25) is 17.7 Å². The summed E-state index contributed by atoms with van der Waals surface area (Å²) >= 11 is 0.660. The standard InChI is InChI=1S/C19H15F2N3O4S/c20-11-1-5-13(6-2-11)22-16(25)9-15-18(27)24(19(28)29-15)10-17(26)23-14-7-3-12(21)4-8-14/h1-8,15H,9-10H2,(H,22,25)(H,23,26). The summed E-state index contributed by atoms with van der Waals surface area (Å²) < 4.78 is 25.8. The highest BCUT2D eigenvalue weighted by Crippen LogP contribution is 2.29. The van der Waals surface area contributed by atoms with E-state index in [0.29, 0.717) is 23.1 Å². The van der Waals surface area contributed by atoms with E-state index in [9.17, 15) is 28.0 Å². The summed E-state index contributed by atoms with van der Waals surface area (Å²) in [4.78, 5) is 49.4. The molecule has 0 aromatic heterocycles. The van der Waals surface area contributed by atoms with Crippen LogP contribution in [0.1, 0.15) is 6.42 Å². The number of rotatable bonds is 6. The third-order valence-electron chi connectivity index (χ3n) is 3.93. The number of amides is 4. The van der Waals surface area contributed by atoms with E-state index in [1.807, 2.05) is 0 Å². The van der Waals surface area contributed by atoms with Gasteiger partial charge in [-0.05, 0) is 48.5 Å². The van der Waals surface area contributed by atoms with Crippen LogP contribution in [0.15, 0.2) is 48.5 Å². The first-order chi connectivity index (χ1) is 13.8. The van der Waals surface area contributed by atoms with E-state index >= 15 is 0 Å². The molecular formula is C19H15F2N3O4S. The number of nitrogens with one attached hydrogen (secondary N) is 2. The Bertz CT molecular complexity index is 951. The van der Waals surface area contributed by atoms with Gasteiger partial charge in [-0.3, -0.25) is 24.1 Å². The fourth-order valence-electron chi connectivity index (χ4n) is 2.56.